The fraction of sp³-hybridized carbons (Fsp3) is 0.500. The number of carbonyl (C=O) groups is 2. The van der Waals surface area contributed by atoms with Gasteiger partial charge in [0.05, 0.1) is 37.2 Å². The Morgan fingerprint density at radius 3 is 2.34 bits per heavy atom. The highest BCUT2D eigenvalue weighted by atomic mass is 32.2. The molecule has 2 aromatic carbocycles. The molecule has 2 aliphatic rings. The topological polar surface area (TPSA) is 122 Å². The third kappa shape index (κ3) is 6.26. The first kappa shape index (κ1) is 28.2. The zero-order valence-electron chi connectivity index (χ0n) is 22.4. The number of amides is 1. The molecule has 1 saturated heterocycles. The Bertz CT molecular complexity index is 1250. The van der Waals surface area contributed by atoms with E-state index in [1.165, 1.54) is 10.6 Å². The molecule has 0 radical (unpaired) electrons. The zero-order chi connectivity index (χ0) is 27.6. The lowest BCUT2D eigenvalue weighted by molar-refractivity contribution is -0.137. The van der Waals surface area contributed by atoms with Gasteiger partial charge >= 0.3 is 0 Å². The van der Waals surface area contributed by atoms with Crippen LogP contribution >= 0.6 is 0 Å². The molecular weight excluding hydrogens is 504 g/mol. The number of likely N-dealkylation sites (tertiary alicyclic amines) is 1. The molecule has 1 spiro atoms. The monoisotopic (exact) mass is 542 g/mol. The van der Waals surface area contributed by atoms with Crippen molar-refractivity contribution in [1.82, 2.24) is 10.2 Å². The van der Waals surface area contributed by atoms with Crippen molar-refractivity contribution in [3.05, 3.63) is 65.7 Å². The van der Waals surface area contributed by atoms with Crippen molar-refractivity contribution in [3.63, 3.8) is 0 Å². The fourth-order valence-electron chi connectivity index (χ4n) is 5.21. The molecule has 10 heteroatoms. The molecule has 1 fully saturated rings. The Morgan fingerprint density at radius 1 is 1.08 bits per heavy atom. The van der Waals surface area contributed by atoms with E-state index in [9.17, 15) is 18.0 Å². The number of hydrogen-bond donors (Lipinski definition) is 2. The van der Waals surface area contributed by atoms with Crippen LogP contribution in [0.3, 0.4) is 0 Å². The van der Waals surface area contributed by atoms with Gasteiger partial charge in [-0.05, 0) is 43.9 Å². The standard InChI is InChI=1S/C28H38N4O5S/c1-27(2,29)25(33)17-30-23(19-37-18-21-9-5-4-6-10-21)26(34)31-15-13-28(14-16-31)20-32(38(3,35)36)24-12-8-7-11-22(24)28/h4-12,23,30H,13-20,29H2,1-3H3. The average Bonchev–Trinajstić information content (AvgIpc) is 3.20. The van der Waals surface area contributed by atoms with E-state index in [1.807, 2.05) is 54.6 Å². The number of benzene rings is 2. The quantitative estimate of drug-likeness (QED) is 0.470. The van der Waals surface area contributed by atoms with Crippen molar-refractivity contribution in [1.29, 1.82) is 0 Å². The minimum absolute atomic E-state index is 0.0386. The third-order valence-electron chi connectivity index (χ3n) is 7.54. The lowest BCUT2D eigenvalue weighted by atomic mass is 9.74. The Kier molecular flexibility index (Phi) is 8.27. The second-order valence-electron chi connectivity index (χ2n) is 11.0. The van der Waals surface area contributed by atoms with Gasteiger partial charge in [0, 0.05) is 25.0 Å². The number of para-hydroxylation sites is 1. The summed E-state index contributed by atoms with van der Waals surface area (Å²) in [7, 11) is -3.41. The van der Waals surface area contributed by atoms with Crippen molar-refractivity contribution in [3.8, 4) is 0 Å². The highest BCUT2D eigenvalue weighted by molar-refractivity contribution is 7.92. The Balaban J connectivity index is 1.44. The smallest absolute Gasteiger partial charge is 0.242 e. The second-order valence-corrected chi connectivity index (χ2v) is 12.9. The number of fused-ring (bicyclic) bond motifs is 2. The van der Waals surface area contributed by atoms with Crippen molar-refractivity contribution in [2.24, 2.45) is 5.73 Å². The van der Waals surface area contributed by atoms with E-state index in [2.05, 4.69) is 5.32 Å². The van der Waals surface area contributed by atoms with E-state index in [0.29, 0.717) is 39.1 Å². The third-order valence-corrected chi connectivity index (χ3v) is 8.67. The summed E-state index contributed by atoms with van der Waals surface area (Å²) in [5.41, 5.74) is 7.35. The van der Waals surface area contributed by atoms with Gasteiger partial charge in [0.1, 0.15) is 6.04 Å². The molecule has 0 bridgehead atoms. The highest BCUT2D eigenvalue weighted by Crippen LogP contribution is 2.47. The zero-order valence-corrected chi connectivity index (χ0v) is 23.2. The molecular formula is C28H38N4O5S. The number of nitrogens with zero attached hydrogens (tertiary/aromatic N) is 2. The molecule has 0 saturated carbocycles. The predicted octanol–water partition coefficient (Wildman–Crippen LogP) is 1.81. The van der Waals surface area contributed by atoms with Gasteiger partial charge in [0.25, 0.3) is 0 Å². The SMILES string of the molecule is CC(C)(N)C(=O)CNC(COCc1ccccc1)C(=O)N1CCC2(CC1)CN(S(C)(=O)=O)c1ccccc12. The number of ketones is 1. The van der Waals surface area contributed by atoms with Crippen LogP contribution in [0.5, 0.6) is 0 Å². The van der Waals surface area contributed by atoms with E-state index in [1.54, 1.807) is 18.7 Å². The number of nitrogens with two attached hydrogens (primary N) is 1. The normalized spacial score (nSPS) is 17.9. The van der Waals surface area contributed by atoms with Crippen LogP contribution in [0, 0.1) is 0 Å². The number of piperidine rings is 1. The molecule has 3 N–H and O–H groups in total. The van der Waals surface area contributed by atoms with Crippen molar-refractivity contribution >= 4 is 27.4 Å². The van der Waals surface area contributed by atoms with Gasteiger partial charge in [-0.2, -0.15) is 0 Å². The summed E-state index contributed by atoms with van der Waals surface area (Å²) in [6.07, 6.45) is 2.53. The Morgan fingerprint density at radius 2 is 1.71 bits per heavy atom. The lowest BCUT2D eigenvalue weighted by Crippen LogP contribution is -2.56. The van der Waals surface area contributed by atoms with E-state index < -0.39 is 21.6 Å². The minimum atomic E-state index is -3.41. The molecule has 2 aliphatic heterocycles. The van der Waals surface area contributed by atoms with Crippen molar-refractivity contribution in [2.75, 3.05) is 43.3 Å². The van der Waals surface area contributed by atoms with Crippen LogP contribution in [0.25, 0.3) is 0 Å². The van der Waals surface area contributed by atoms with E-state index >= 15 is 0 Å². The summed E-state index contributed by atoms with van der Waals surface area (Å²) in [5.74, 6) is -0.332. The number of hydrogen-bond acceptors (Lipinski definition) is 7. The number of ether oxygens (including phenoxy) is 1. The molecule has 2 heterocycles. The maximum atomic E-state index is 13.6. The van der Waals surface area contributed by atoms with Gasteiger partial charge in [-0.1, -0.05) is 48.5 Å². The van der Waals surface area contributed by atoms with Crippen molar-refractivity contribution < 1.29 is 22.7 Å². The summed E-state index contributed by atoms with van der Waals surface area (Å²) < 4.78 is 32.3. The van der Waals surface area contributed by atoms with Crippen molar-refractivity contribution in [2.45, 2.75) is 50.3 Å². The van der Waals surface area contributed by atoms with Crippen LogP contribution in [0.4, 0.5) is 5.69 Å². The number of anilines is 1. The summed E-state index contributed by atoms with van der Waals surface area (Å²) in [6, 6.07) is 16.6. The molecule has 0 aromatic heterocycles. The highest BCUT2D eigenvalue weighted by Gasteiger charge is 2.47. The van der Waals surface area contributed by atoms with Gasteiger partial charge in [-0.25, -0.2) is 8.42 Å². The number of rotatable bonds is 10. The Hall–Kier alpha value is -2.79. The molecule has 9 nitrogen and oxygen atoms in total. The van der Waals surface area contributed by atoms with Crippen LogP contribution in [0.1, 0.15) is 37.8 Å². The summed E-state index contributed by atoms with van der Waals surface area (Å²) >= 11 is 0. The van der Waals surface area contributed by atoms with Gasteiger partial charge < -0.3 is 15.4 Å². The van der Waals surface area contributed by atoms with Crippen LogP contribution in [0.15, 0.2) is 54.6 Å². The average molecular weight is 543 g/mol. The Labute approximate surface area is 225 Å². The molecule has 4 rings (SSSR count). The summed E-state index contributed by atoms with van der Waals surface area (Å²) in [6.45, 7) is 5.06. The maximum Gasteiger partial charge on any atom is 0.242 e. The molecule has 206 valence electrons. The molecule has 0 aliphatic carbocycles. The predicted molar refractivity (Wildman–Crippen MR) is 147 cm³/mol. The second kappa shape index (κ2) is 11.1. The maximum absolute atomic E-state index is 13.6. The molecule has 2 aromatic rings. The minimum Gasteiger partial charge on any atom is -0.375 e. The van der Waals surface area contributed by atoms with Gasteiger partial charge in [0.15, 0.2) is 5.78 Å². The largest absolute Gasteiger partial charge is 0.375 e. The lowest BCUT2D eigenvalue weighted by Gasteiger charge is -2.41. The van der Waals surface area contributed by atoms with Crippen LogP contribution < -0.4 is 15.4 Å². The van der Waals surface area contributed by atoms with Crippen LogP contribution in [0.2, 0.25) is 0 Å². The van der Waals surface area contributed by atoms with Gasteiger partial charge in [-0.3, -0.25) is 19.2 Å². The first-order chi connectivity index (χ1) is 17.9. The first-order valence-corrected chi connectivity index (χ1v) is 14.8. The van der Waals surface area contributed by atoms with Crippen LogP contribution in [-0.4, -0.2) is 75.6 Å². The van der Waals surface area contributed by atoms with Crippen LogP contribution in [-0.2, 0) is 36.4 Å². The number of Topliss-reactive ketones (excluding diaryl/α,β-unsaturated/α-hetero) is 1. The first-order valence-electron chi connectivity index (χ1n) is 12.9. The molecule has 1 unspecified atom stereocenters. The molecule has 1 amide bonds. The van der Waals surface area contributed by atoms with Gasteiger partial charge in [0.2, 0.25) is 15.9 Å². The van der Waals surface area contributed by atoms with Gasteiger partial charge in [-0.15, -0.1) is 0 Å². The van der Waals surface area contributed by atoms with E-state index in [0.717, 1.165) is 16.8 Å². The number of carbonyl (C=O) groups excluding carboxylic acids is 2. The number of sulfonamides is 1. The number of nitrogens with one attached hydrogen (secondary N) is 1. The summed E-state index contributed by atoms with van der Waals surface area (Å²) in [4.78, 5) is 27.9. The van der Waals surface area contributed by atoms with E-state index in [4.69, 9.17) is 10.5 Å². The fourth-order valence-corrected chi connectivity index (χ4v) is 6.21. The molecule has 1 atom stereocenters. The molecule has 38 heavy (non-hydrogen) atoms. The van der Waals surface area contributed by atoms with E-state index in [-0.39, 0.29) is 30.3 Å². The summed E-state index contributed by atoms with van der Waals surface area (Å²) in [5, 5.41) is 3.08.